The zero-order chi connectivity index (χ0) is 12.4. The first-order valence-corrected chi connectivity index (χ1v) is 7.35. The third-order valence-corrected chi connectivity index (χ3v) is 4.97. The maximum absolute atomic E-state index is 6.02. The Morgan fingerprint density at radius 3 is 2.78 bits per heavy atom. The van der Waals surface area contributed by atoms with Crippen LogP contribution in [-0.2, 0) is 5.41 Å². The van der Waals surface area contributed by atoms with Gasteiger partial charge in [-0.3, -0.25) is 0 Å². The van der Waals surface area contributed by atoms with E-state index in [2.05, 4.69) is 29.6 Å². The van der Waals surface area contributed by atoms with Crippen LogP contribution in [0.1, 0.15) is 49.1 Å². The number of nitrogens with two attached hydrogens (primary N) is 1. The molecule has 3 rings (SSSR count). The van der Waals surface area contributed by atoms with Crippen molar-refractivity contribution in [3.8, 4) is 0 Å². The molecule has 1 saturated heterocycles. The maximum atomic E-state index is 6.02. The van der Waals surface area contributed by atoms with Gasteiger partial charge in [-0.2, -0.15) is 0 Å². The molecule has 18 heavy (non-hydrogen) atoms. The van der Waals surface area contributed by atoms with Gasteiger partial charge in [-0.05, 0) is 49.3 Å². The van der Waals surface area contributed by atoms with Crippen LogP contribution in [0.5, 0.6) is 0 Å². The van der Waals surface area contributed by atoms with E-state index in [0.29, 0.717) is 11.3 Å². The summed E-state index contributed by atoms with van der Waals surface area (Å²) in [5.74, 6) is 0.702. The fourth-order valence-electron chi connectivity index (χ4n) is 3.47. The Hall–Kier alpha value is -0.860. The molecule has 1 unspecified atom stereocenters. The molecule has 1 aliphatic heterocycles. The lowest BCUT2D eigenvalue weighted by atomic mass is 9.64. The maximum Gasteiger partial charge on any atom is 0.00756 e. The van der Waals surface area contributed by atoms with E-state index in [1.807, 2.05) is 0 Å². The molecule has 2 heteroatoms. The average Bonchev–Trinajstić information content (AvgIpc) is 2.40. The standard InChI is InChI=1S/C16H24N2/c17-12-16(7-3-8-16)15-6-1-4-13(10-15)14-5-2-9-18-11-14/h1,4,6,10,14,18H,2-3,5,7-9,11-12,17H2. The van der Waals surface area contributed by atoms with E-state index in [1.54, 1.807) is 0 Å². The van der Waals surface area contributed by atoms with Gasteiger partial charge >= 0.3 is 0 Å². The van der Waals surface area contributed by atoms with Gasteiger partial charge in [0.25, 0.3) is 0 Å². The molecule has 1 aromatic carbocycles. The van der Waals surface area contributed by atoms with Crippen LogP contribution in [0.3, 0.4) is 0 Å². The van der Waals surface area contributed by atoms with Crippen molar-refractivity contribution in [2.45, 2.75) is 43.4 Å². The number of hydrogen-bond donors (Lipinski definition) is 2. The predicted octanol–water partition coefficient (Wildman–Crippen LogP) is 2.53. The molecule has 2 fully saturated rings. The molecule has 98 valence electrons. The smallest absolute Gasteiger partial charge is 0.00756 e. The second kappa shape index (κ2) is 5.02. The highest BCUT2D eigenvalue weighted by molar-refractivity contribution is 5.34. The van der Waals surface area contributed by atoms with Crippen molar-refractivity contribution in [2.75, 3.05) is 19.6 Å². The quantitative estimate of drug-likeness (QED) is 0.857. The van der Waals surface area contributed by atoms with Crippen molar-refractivity contribution in [1.82, 2.24) is 5.32 Å². The van der Waals surface area contributed by atoms with Gasteiger partial charge in [0.15, 0.2) is 0 Å². The zero-order valence-electron chi connectivity index (χ0n) is 11.1. The zero-order valence-corrected chi connectivity index (χ0v) is 11.1. The van der Waals surface area contributed by atoms with Crippen LogP contribution in [0.25, 0.3) is 0 Å². The monoisotopic (exact) mass is 244 g/mol. The van der Waals surface area contributed by atoms with E-state index in [4.69, 9.17) is 5.73 Å². The highest BCUT2D eigenvalue weighted by atomic mass is 14.9. The molecule has 0 radical (unpaired) electrons. The van der Waals surface area contributed by atoms with Crippen LogP contribution in [0.2, 0.25) is 0 Å². The van der Waals surface area contributed by atoms with E-state index in [9.17, 15) is 0 Å². The Bertz CT molecular complexity index is 398. The van der Waals surface area contributed by atoms with Crippen LogP contribution in [0.15, 0.2) is 24.3 Å². The fraction of sp³-hybridized carbons (Fsp3) is 0.625. The van der Waals surface area contributed by atoms with Crippen LogP contribution in [-0.4, -0.2) is 19.6 Å². The van der Waals surface area contributed by atoms with E-state index < -0.39 is 0 Å². The first-order chi connectivity index (χ1) is 8.84. The minimum Gasteiger partial charge on any atom is -0.330 e. The van der Waals surface area contributed by atoms with Crippen LogP contribution < -0.4 is 11.1 Å². The second-order valence-electron chi connectivity index (χ2n) is 6.01. The van der Waals surface area contributed by atoms with Crippen LogP contribution in [0, 0.1) is 0 Å². The van der Waals surface area contributed by atoms with E-state index in [0.717, 1.165) is 13.1 Å². The lowest BCUT2D eigenvalue weighted by Crippen LogP contribution is -2.41. The minimum atomic E-state index is 0.304. The molecule has 3 N–H and O–H groups in total. The molecule has 0 spiro atoms. The van der Waals surface area contributed by atoms with Gasteiger partial charge < -0.3 is 11.1 Å². The molecule has 2 aliphatic rings. The SMILES string of the molecule is NCC1(c2cccc(C3CCCNC3)c2)CCC1. The van der Waals surface area contributed by atoms with Gasteiger partial charge in [-0.25, -0.2) is 0 Å². The Balaban J connectivity index is 1.84. The van der Waals surface area contributed by atoms with Crippen molar-refractivity contribution in [2.24, 2.45) is 5.73 Å². The van der Waals surface area contributed by atoms with Gasteiger partial charge in [0.05, 0.1) is 0 Å². The van der Waals surface area contributed by atoms with Crippen molar-refractivity contribution in [3.63, 3.8) is 0 Å². The molecule has 0 amide bonds. The molecule has 0 bridgehead atoms. The van der Waals surface area contributed by atoms with Crippen LogP contribution in [0.4, 0.5) is 0 Å². The highest BCUT2D eigenvalue weighted by Gasteiger charge is 2.37. The Morgan fingerprint density at radius 1 is 1.28 bits per heavy atom. The Kier molecular flexibility index (Phi) is 3.40. The van der Waals surface area contributed by atoms with Crippen molar-refractivity contribution in [3.05, 3.63) is 35.4 Å². The fourth-order valence-corrected chi connectivity index (χ4v) is 3.47. The molecular formula is C16H24N2. The van der Waals surface area contributed by atoms with Gasteiger partial charge in [0.1, 0.15) is 0 Å². The van der Waals surface area contributed by atoms with E-state index in [1.165, 1.54) is 49.8 Å². The lowest BCUT2D eigenvalue weighted by Gasteiger charge is -2.42. The molecule has 1 saturated carbocycles. The molecular weight excluding hydrogens is 220 g/mol. The van der Waals surface area contributed by atoms with Gasteiger partial charge in [0, 0.05) is 18.5 Å². The predicted molar refractivity (Wildman–Crippen MR) is 75.9 cm³/mol. The number of rotatable bonds is 3. The van der Waals surface area contributed by atoms with Crippen molar-refractivity contribution < 1.29 is 0 Å². The summed E-state index contributed by atoms with van der Waals surface area (Å²) in [4.78, 5) is 0. The number of piperidine rings is 1. The van der Waals surface area contributed by atoms with E-state index >= 15 is 0 Å². The second-order valence-corrected chi connectivity index (χ2v) is 6.01. The average molecular weight is 244 g/mol. The summed E-state index contributed by atoms with van der Waals surface area (Å²) in [5.41, 5.74) is 9.32. The van der Waals surface area contributed by atoms with Gasteiger partial charge in [-0.1, -0.05) is 30.7 Å². The van der Waals surface area contributed by atoms with Crippen molar-refractivity contribution in [1.29, 1.82) is 0 Å². The summed E-state index contributed by atoms with van der Waals surface area (Å²) in [6, 6.07) is 9.24. The third kappa shape index (κ3) is 2.08. The molecule has 1 atom stereocenters. The molecule has 1 aromatic rings. The third-order valence-electron chi connectivity index (χ3n) is 4.97. The summed E-state index contributed by atoms with van der Waals surface area (Å²) in [7, 11) is 0. The van der Waals surface area contributed by atoms with E-state index in [-0.39, 0.29) is 0 Å². The number of benzene rings is 1. The minimum absolute atomic E-state index is 0.304. The molecule has 1 aliphatic carbocycles. The number of nitrogens with one attached hydrogen (secondary N) is 1. The topological polar surface area (TPSA) is 38.0 Å². The summed E-state index contributed by atoms with van der Waals surface area (Å²) in [6.45, 7) is 3.13. The number of hydrogen-bond acceptors (Lipinski definition) is 2. The molecule has 0 aromatic heterocycles. The molecule has 1 heterocycles. The Labute approximate surface area is 110 Å². The van der Waals surface area contributed by atoms with Crippen LogP contribution >= 0.6 is 0 Å². The van der Waals surface area contributed by atoms with Crippen molar-refractivity contribution >= 4 is 0 Å². The summed E-state index contributed by atoms with van der Waals surface area (Å²) in [6.07, 6.45) is 6.52. The lowest BCUT2D eigenvalue weighted by molar-refractivity contribution is 0.252. The first kappa shape index (κ1) is 12.2. The summed E-state index contributed by atoms with van der Waals surface area (Å²) < 4.78 is 0. The highest BCUT2D eigenvalue weighted by Crippen LogP contribution is 2.43. The summed E-state index contributed by atoms with van der Waals surface area (Å²) >= 11 is 0. The Morgan fingerprint density at radius 2 is 2.17 bits per heavy atom. The molecule has 2 nitrogen and oxygen atoms in total. The first-order valence-electron chi connectivity index (χ1n) is 7.35. The summed E-state index contributed by atoms with van der Waals surface area (Å²) in [5, 5.41) is 3.51. The van der Waals surface area contributed by atoms with Gasteiger partial charge in [0.2, 0.25) is 0 Å². The largest absolute Gasteiger partial charge is 0.330 e. The normalized spacial score (nSPS) is 26.6. The van der Waals surface area contributed by atoms with Gasteiger partial charge in [-0.15, -0.1) is 0 Å².